The van der Waals surface area contributed by atoms with Gasteiger partial charge in [-0.25, -0.2) is 9.97 Å². The van der Waals surface area contributed by atoms with Crippen LogP contribution in [0.5, 0.6) is 0 Å². The smallest absolute Gasteiger partial charge is 0.369 e. The van der Waals surface area contributed by atoms with Gasteiger partial charge in [0.15, 0.2) is 0 Å². The Morgan fingerprint density at radius 3 is 2.36 bits per heavy atom. The van der Waals surface area contributed by atoms with E-state index in [-0.39, 0.29) is 18.2 Å². The van der Waals surface area contributed by atoms with Crippen LogP contribution in [0.25, 0.3) is 22.0 Å². The lowest BCUT2D eigenvalue weighted by Crippen LogP contribution is -2.34. The molecule has 212 valence electrons. The van der Waals surface area contributed by atoms with E-state index in [9.17, 15) is 18.0 Å². The van der Waals surface area contributed by atoms with Gasteiger partial charge in [-0.05, 0) is 71.8 Å². The van der Waals surface area contributed by atoms with Crippen LogP contribution in [-0.4, -0.2) is 33.4 Å². The Hall–Kier alpha value is -4.72. The molecule has 1 aromatic heterocycles. The lowest BCUT2D eigenvalue weighted by atomic mass is 10.0. The zero-order valence-electron chi connectivity index (χ0n) is 22.8. The summed E-state index contributed by atoms with van der Waals surface area (Å²) in [5.41, 5.74) is 3.59. The molecule has 0 unspecified atom stereocenters. The molecule has 1 amide bonds. The third kappa shape index (κ3) is 6.12. The molecule has 0 bridgehead atoms. The normalized spacial score (nSPS) is 13.2. The number of carbonyl (C=O) groups excluding carboxylic acids is 1. The van der Waals surface area contributed by atoms with Crippen molar-refractivity contribution in [3.05, 3.63) is 126 Å². The zero-order valence-corrected chi connectivity index (χ0v) is 22.8. The van der Waals surface area contributed by atoms with Gasteiger partial charge >= 0.3 is 6.18 Å². The molecule has 5 nitrogen and oxygen atoms in total. The van der Waals surface area contributed by atoms with Crippen LogP contribution in [0.2, 0.25) is 0 Å². The molecule has 8 heteroatoms. The Balaban J connectivity index is 1.24. The fourth-order valence-corrected chi connectivity index (χ4v) is 5.22. The monoisotopic (exact) mass is 566 g/mol. The van der Waals surface area contributed by atoms with Crippen molar-refractivity contribution >= 4 is 22.6 Å². The molecule has 4 aromatic carbocycles. The highest BCUT2D eigenvalue weighted by molar-refractivity contribution is 5.96. The van der Waals surface area contributed by atoms with Gasteiger partial charge in [0.1, 0.15) is 12.1 Å². The molecule has 1 aliphatic carbocycles. The molecule has 5 aromatic rings. The van der Waals surface area contributed by atoms with Crippen LogP contribution >= 0.6 is 0 Å². The number of fused-ring (bicyclic) bond motifs is 1. The van der Waals surface area contributed by atoms with E-state index >= 15 is 0 Å². The number of benzene rings is 4. The summed E-state index contributed by atoms with van der Waals surface area (Å²) in [6.45, 7) is 0.949. The minimum absolute atomic E-state index is 0.0650. The van der Waals surface area contributed by atoms with Crippen molar-refractivity contribution < 1.29 is 18.0 Å². The molecule has 1 fully saturated rings. The Bertz CT molecular complexity index is 1720. The molecule has 1 saturated carbocycles. The first-order valence-corrected chi connectivity index (χ1v) is 14.0. The van der Waals surface area contributed by atoms with Gasteiger partial charge in [0.25, 0.3) is 5.91 Å². The van der Waals surface area contributed by atoms with Crippen LogP contribution in [-0.2, 0) is 19.1 Å². The second-order valence-electron chi connectivity index (χ2n) is 10.5. The Morgan fingerprint density at radius 2 is 1.57 bits per heavy atom. The predicted molar refractivity (Wildman–Crippen MR) is 158 cm³/mol. The van der Waals surface area contributed by atoms with E-state index in [2.05, 4.69) is 27.4 Å². The topological polar surface area (TPSA) is 58.1 Å². The first kappa shape index (κ1) is 27.4. The molecule has 1 aliphatic rings. The number of anilines is 1. The van der Waals surface area contributed by atoms with E-state index in [0.29, 0.717) is 0 Å². The number of alkyl halides is 3. The van der Waals surface area contributed by atoms with Gasteiger partial charge in [-0.15, -0.1) is 0 Å². The van der Waals surface area contributed by atoms with Crippen LogP contribution < -0.4 is 5.32 Å². The van der Waals surface area contributed by atoms with Crippen molar-refractivity contribution in [2.24, 2.45) is 0 Å². The number of nitrogens with zero attached hydrogens (tertiary/aromatic N) is 3. The predicted octanol–water partition coefficient (Wildman–Crippen LogP) is 7.78. The maximum Gasteiger partial charge on any atom is 0.417 e. The number of hydrogen-bond donors (Lipinski definition) is 1. The highest BCUT2D eigenvalue weighted by atomic mass is 19.4. The zero-order chi connectivity index (χ0) is 29.1. The van der Waals surface area contributed by atoms with Crippen molar-refractivity contribution in [3.8, 4) is 11.1 Å². The van der Waals surface area contributed by atoms with Crippen LogP contribution in [0, 0.1) is 0 Å². The average Bonchev–Trinajstić information content (AvgIpc) is 3.85. The Kier molecular flexibility index (Phi) is 7.61. The molecular weight excluding hydrogens is 537 g/mol. The third-order valence-electron chi connectivity index (χ3n) is 7.51. The molecule has 0 spiro atoms. The second kappa shape index (κ2) is 11.6. The molecule has 0 radical (unpaired) electrons. The Labute approximate surface area is 242 Å². The van der Waals surface area contributed by atoms with E-state index in [4.69, 9.17) is 0 Å². The van der Waals surface area contributed by atoms with Crippen molar-refractivity contribution in [2.75, 3.05) is 11.9 Å². The minimum Gasteiger partial charge on any atom is -0.369 e. The molecule has 42 heavy (non-hydrogen) atoms. The van der Waals surface area contributed by atoms with Crippen LogP contribution in [0.3, 0.4) is 0 Å². The van der Waals surface area contributed by atoms with Crippen molar-refractivity contribution in [1.82, 2.24) is 14.9 Å². The maximum atomic E-state index is 13.7. The third-order valence-corrected chi connectivity index (χ3v) is 7.51. The summed E-state index contributed by atoms with van der Waals surface area (Å²) in [4.78, 5) is 23.9. The standard InChI is InChI=1S/C34H29F3N4O/c35-34(36,37)30-12-5-4-11-28(30)33(42)41(27-14-15-27)21-24-9-6-10-25(19-24)26-13-16-31-29(20-26)32(40-22-39-31)38-18-17-23-7-2-1-3-8-23/h1-13,16,19-20,22,27H,14-15,17-18,21H2,(H,38,39,40). The van der Waals surface area contributed by atoms with Crippen LogP contribution in [0.4, 0.5) is 19.0 Å². The summed E-state index contributed by atoms with van der Waals surface area (Å²) in [5, 5.41) is 4.33. The SMILES string of the molecule is O=C(c1ccccc1C(F)(F)F)N(Cc1cccc(-c2ccc3ncnc(NCCc4ccccc4)c3c2)c1)C1CC1. The highest BCUT2D eigenvalue weighted by Gasteiger charge is 2.39. The first-order valence-electron chi connectivity index (χ1n) is 14.0. The van der Waals surface area contributed by atoms with Crippen molar-refractivity contribution in [3.63, 3.8) is 0 Å². The number of hydrogen-bond acceptors (Lipinski definition) is 4. The number of aromatic nitrogens is 2. The highest BCUT2D eigenvalue weighted by Crippen LogP contribution is 2.36. The summed E-state index contributed by atoms with van der Waals surface area (Å²) in [6.07, 6.45) is -0.628. The largest absolute Gasteiger partial charge is 0.417 e. The number of carbonyl (C=O) groups is 1. The van der Waals surface area contributed by atoms with Gasteiger partial charge in [0.05, 0.1) is 16.6 Å². The molecule has 0 atom stereocenters. The molecule has 1 N–H and O–H groups in total. The van der Waals surface area contributed by atoms with Crippen LogP contribution in [0.15, 0.2) is 103 Å². The van der Waals surface area contributed by atoms with Gasteiger partial charge < -0.3 is 10.2 Å². The van der Waals surface area contributed by atoms with Gasteiger partial charge in [-0.1, -0.05) is 66.7 Å². The summed E-state index contributed by atoms with van der Waals surface area (Å²) in [6, 6.07) is 29.0. The number of amides is 1. The lowest BCUT2D eigenvalue weighted by Gasteiger charge is -2.24. The van der Waals surface area contributed by atoms with Crippen molar-refractivity contribution in [1.29, 1.82) is 0 Å². The molecule has 0 aliphatic heterocycles. The number of rotatable bonds is 9. The van der Waals surface area contributed by atoms with Gasteiger partial charge in [-0.2, -0.15) is 13.2 Å². The van der Waals surface area contributed by atoms with Gasteiger partial charge in [-0.3, -0.25) is 4.79 Å². The average molecular weight is 567 g/mol. The number of halogens is 3. The number of nitrogens with one attached hydrogen (secondary N) is 1. The van der Waals surface area contributed by atoms with Gasteiger partial charge in [0, 0.05) is 24.5 Å². The summed E-state index contributed by atoms with van der Waals surface area (Å²) in [5.74, 6) is 0.160. The molecular formula is C34H29F3N4O. The summed E-state index contributed by atoms with van der Waals surface area (Å²) in [7, 11) is 0. The fraction of sp³-hybridized carbons (Fsp3) is 0.206. The van der Waals surface area contributed by atoms with E-state index < -0.39 is 17.6 Å². The Morgan fingerprint density at radius 1 is 0.833 bits per heavy atom. The van der Waals surface area contributed by atoms with E-state index in [1.54, 1.807) is 11.2 Å². The van der Waals surface area contributed by atoms with E-state index in [1.165, 1.54) is 23.8 Å². The summed E-state index contributed by atoms with van der Waals surface area (Å²) < 4.78 is 41.0. The molecule has 0 saturated heterocycles. The van der Waals surface area contributed by atoms with E-state index in [1.807, 2.05) is 60.7 Å². The summed E-state index contributed by atoms with van der Waals surface area (Å²) >= 11 is 0. The fourth-order valence-electron chi connectivity index (χ4n) is 5.22. The van der Waals surface area contributed by atoms with Gasteiger partial charge in [0.2, 0.25) is 0 Å². The van der Waals surface area contributed by atoms with E-state index in [0.717, 1.165) is 65.3 Å². The lowest BCUT2D eigenvalue weighted by molar-refractivity contribution is -0.138. The quantitative estimate of drug-likeness (QED) is 0.198. The molecule has 6 rings (SSSR count). The second-order valence-corrected chi connectivity index (χ2v) is 10.5. The first-order chi connectivity index (χ1) is 20.4. The molecule has 1 heterocycles. The van der Waals surface area contributed by atoms with Crippen LogP contribution in [0.1, 0.15) is 39.9 Å². The maximum absolute atomic E-state index is 13.7. The van der Waals surface area contributed by atoms with Crippen molar-refractivity contribution in [2.45, 2.75) is 38.0 Å². The minimum atomic E-state index is -4.60.